The summed E-state index contributed by atoms with van der Waals surface area (Å²) < 4.78 is 5.64. The molecule has 5 heteroatoms. The molecule has 1 heterocycles. The summed E-state index contributed by atoms with van der Waals surface area (Å²) in [5.74, 6) is -0.326. The maximum absolute atomic E-state index is 11.5. The minimum Gasteiger partial charge on any atom is -0.462 e. The fourth-order valence-electron chi connectivity index (χ4n) is 1.33. The van der Waals surface area contributed by atoms with Gasteiger partial charge < -0.3 is 4.74 Å². The van der Waals surface area contributed by atoms with Gasteiger partial charge in [-0.3, -0.25) is 5.10 Å². The lowest BCUT2D eigenvalue weighted by molar-refractivity contribution is 0.0525. The van der Waals surface area contributed by atoms with Crippen LogP contribution in [0.25, 0.3) is 10.9 Å². The Bertz CT molecular complexity index is 507. The van der Waals surface area contributed by atoms with Crippen molar-refractivity contribution in [2.24, 2.45) is 0 Å². The van der Waals surface area contributed by atoms with E-state index >= 15 is 0 Å². The Kier molecular flexibility index (Phi) is 2.73. The molecule has 0 saturated heterocycles. The van der Waals surface area contributed by atoms with E-state index in [4.69, 9.17) is 4.74 Å². The van der Waals surface area contributed by atoms with Crippen molar-refractivity contribution in [3.05, 3.63) is 28.4 Å². The van der Waals surface area contributed by atoms with Crippen LogP contribution in [0.5, 0.6) is 0 Å². The van der Waals surface area contributed by atoms with Crippen LogP contribution in [0.15, 0.2) is 22.8 Å². The first-order chi connectivity index (χ1) is 7.22. The highest BCUT2D eigenvalue weighted by Gasteiger charge is 2.12. The molecule has 0 unspecified atom stereocenters. The quantitative estimate of drug-likeness (QED) is 0.852. The molecule has 0 spiro atoms. The van der Waals surface area contributed by atoms with Gasteiger partial charge in [0.15, 0.2) is 0 Å². The number of hydrogen-bond donors (Lipinski definition) is 1. The third kappa shape index (κ3) is 1.87. The number of ether oxygens (including phenoxy) is 1. The molecular weight excluding hydrogens is 260 g/mol. The number of aromatic amines is 1. The van der Waals surface area contributed by atoms with E-state index in [0.717, 1.165) is 10.9 Å². The van der Waals surface area contributed by atoms with Crippen molar-refractivity contribution in [1.29, 1.82) is 0 Å². The number of aromatic nitrogens is 2. The molecule has 0 aliphatic rings. The van der Waals surface area contributed by atoms with Crippen molar-refractivity contribution in [3.8, 4) is 0 Å². The highest BCUT2D eigenvalue weighted by atomic mass is 79.9. The number of halogens is 1. The molecule has 0 radical (unpaired) electrons. The Balaban J connectivity index is 2.50. The number of nitrogens with one attached hydrogen (secondary N) is 1. The standard InChI is InChI=1S/C10H9BrN2O2/c1-2-15-10(14)7-3-6-5-12-13-9(6)4-8(7)11/h3-5H,2H2,1H3,(H,12,13). The molecule has 0 aliphatic heterocycles. The van der Waals surface area contributed by atoms with Gasteiger partial charge in [0.25, 0.3) is 0 Å². The first-order valence-corrected chi connectivity index (χ1v) is 5.31. The van der Waals surface area contributed by atoms with Crippen LogP contribution < -0.4 is 0 Å². The first-order valence-electron chi connectivity index (χ1n) is 4.52. The minimum atomic E-state index is -0.326. The Labute approximate surface area is 94.7 Å². The predicted octanol–water partition coefficient (Wildman–Crippen LogP) is 2.50. The van der Waals surface area contributed by atoms with Crippen LogP contribution in [-0.4, -0.2) is 22.8 Å². The molecule has 0 atom stereocenters. The van der Waals surface area contributed by atoms with E-state index < -0.39 is 0 Å². The van der Waals surface area contributed by atoms with Crippen molar-refractivity contribution in [2.45, 2.75) is 6.92 Å². The predicted molar refractivity (Wildman–Crippen MR) is 59.8 cm³/mol. The Morgan fingerprint density at radius 3 is 3.13 bits per heavy atom. The number of H-pyrrole nitrogens is 1. The molecule has 0 bridgehead atoms. The smallest absolute Gasteiger partial charge is 0.339 e. The monoisotopic (exact) mass is 268 g/mol. The zero-order valence-corrected chi connectivity index (χ0v) is 9.67. The average molecular weight is 269 g/mol. The molecule has 0 amide bonds. The fraction of sp³-hybridized carbons (Fsp3) is 0.200. The molecule has 1 aromatic carbocycles. The van der Waals surface area contributed by atoms with E-state index in [2.05, 4.69) is 26.1 Å². The van der Waals surface area contributed by atoms with E-state index in [-0.39, 0.29) is 5.97 Å². The van der Waals surface area contributed by atoms with Crippen molar-refractivity contribution in [3.63, 3.8) is 0 Å². The molecule has 2 aromatic rings. The number of fused-ring (bicyclic) bond motifs is 1. The van der Waals surface area contributed by atoms with Gasteiger partial charge in [-0.15, -0.1) is 0 Å². The third-order valence-corrected chi connectivity index (χ3v) is 2.68. The number of hydrogen-bond acceptors (Lipinski definition) is 3. The van der Waals surface area contributed by atoms with Gasteiger partial charge in [0.1, 0.15) is 0 Å². The number of carbonyl (C=O) groups is 1. The summed E-state index contributed by atoms with van der Waals surface area (Å²) in [7, 11) is 0. The molecule has 0 saturated carbocycles. The number of rotatable bonds is 2. The van der Waals surface area contributed by atoms with E-state index in [1.807, 2.05) is 6.07 Å². The Morgan fingerprint density at radius 1 is 1.60 bits per heavy atom. The second-order valence-electron chi connectivity index (χ2n) is 3.01. The van der Waals surface area contributed by atoms with Crippen molar-refractivity contribution in [1.82, 2.24) is 10.2 Å². The lowest BCUT2D eigenvalue weighted by Crippen LogP contribution is -2.05. The van der Waals surface area contributed by atoms with Crippen LogP contribution in [0, 0.1) is 0 Å². The largest absolute Gasteiger partial charge is 0.462 e. The maximum Gasteiger partial charge on any atom is 0.339 e. The molecule has 0 fully saturated rings. The van der Waals surface area contributed by atoms with Crippen LogP contribution in [-0.2, 0) is 4.74 Å². The summed E-state index contributed by atoms with van der Waals surface area (Å²) >= 11 is 3.32. The van der Waals surface area contributed by atoms with Gasteiger partial charge in [-0.25, -0.2) is 4.79 Å². The van der Waals surface area contributed by atoms with Crippen LogP contribution in [0.3, 0.4) is 0 Å². The third-order valence-electron chi connectivity index (χ3n) is 2.02. The lowest BCUT2D eigenvalue weighted by atomic mass is 10.1. The van der Waals surface area contributed by atoms with Gasteiger partial charge in [0.2, 0.25) is 0 Å². The van der Waals surface area contributed by atoms with Crippen LogP contribution in [0.2, 0.25) is 0 Å². The van der Waals surface area contributed by atoms with Gasteiger partial charge in [-0.1, -0.05) is 0 Å². The minimum absolute atomic E-state index is 0.326. The highest BCUT2D eigenvalue weighted by Crippen LogP contribution is 2.23. The molecule has 0 aliphatic carbocycles. The van der Waals surface area contributed by atoms with Crippen LogP contribution >= 0.6 is 15.9 Å². The first kappa shape index (κ1) is 10.2. The molecule has 2 rings (SSSR count). The molecule has 1 aromatic heterocycles. The summed E-state index contributed by atoms with van der Waals surface area (Å²) in [6.45, 7) is 2.15. The normalized spacial score (nSPS) is 10.5. The number of carbonyl (C=O) groups excluding carboxylic acids is 1. The highest BCUT2D eigenvalue weighted by molar-refractivity contribution is 9.10. The van der Waals surface area contributed by atoms with E-state index in [9.17, 15) is 4.79 Å². The molecule has 15 heavy (non-hydrogen) atoms. The van der Waals surface area contributed by atoms with Crippen molar-refractivity contribution >= 4 is 32.8 Å². The van der Waals surface area contributed by atoms with E-state index in [1.165, 1.54) is 0 Å². The molecule has 1 N–H and O–H groups in total. The van der Waals surface area contributed by atoms with Gasteiger partial charge in [0, 0.05) is 9.86 Å². The summed E-state index contributed by atoms with van der Waals surface area (Å²) in [6, 6.07) is 3.56. The van der Waals surface area contributed by atoms with Gasteiger partial charge in [0.05, 0.1) is 23.9 Å². The SMILES string of the molecule is CCOC(=O)c1cc2cn[nH]c2cc1Br. The maximum atomic E-state index is 11.5. The Morgan fingerprint density at radius 2 is 2.40 bits per heavy atom. The summed E-state index contributed by atoms with van der Waals surface area (Å²) in [5, 5.41) is 7.61. The molecule has 78 valence electrons. The zero-order valence-electron chi connectivity index (χ0n) is 8.08. The number of benzene rings is 1. The average Bonchev–Trinajstić information content (AvgIpc) is 2.63. The van der Waals surface area contributed by atoms with Crippen molar-refractivity contribution < 1.29 is 9.53 Å². The van der Waals surface area contributed by atoms with E-state index in [0.29, 0.717) is 16.6 Å². The van der Waals surface area contributed by atoms with Gasteiger partial charge in [-0.2, -0.15) is 5.10 Å². The zero-order chi connectivity index (χ0) is 10.8. The molecular formula is C10H9BrN2O2. The number of nitrogens with zero attached hydrogens (tertiary/aromatic N) is 1. The molecule has 4 nitrogen and oxygen atoms in total. The second kappa shape index (κ2) is 4.02. The topological polar surface area (TPSA) is 55.0 Å². The Hall–Kier alpha value is -1.36. The van der Waals surface area contributed by atoms with Crippen LogP contribution in [0.4, 0.5) is 0 Å². The van der Waals surface area contributed by atoms with Gasteiger partial charge in [-0.05, 0) is 35.0 Å². The van der Waals surface area contributed by atoms with Crippen molar-refractivity contribution in [2.75, 3.05) is 6.61 Å². The van der Waals surface area contributed by atoms with Gasteiger partial charge >= 0.3 is 5.97 Å². The second-order valence-corrected chi connectivity index (χ2v) is 3.86. The van der Waals surface area contributed by atoms with Crippen LogP contribution in [0.1, 0.15) is 17.3 Å². The summed E-state index contributed by atoms with van der Waals surface area (Å²) in [6.07, 6.45) is 1.67. The fourth-order valence-corrected chi connectivity index (χ4v) is 1.84. The lowest BCUT2D eigenvalue weighted by Gasteiger charge is -2.03. The summed E-state index contributed by atoms with van der Waals surface area (Å²) in [5.41, 5.74) is 1.40. The summed E-state index contributed by atoms with van der Waals surface area (Å²) in [4.78, 5) is 11.5. The number of esters is 1. The van der Waals surface area contributed by atoms with E-state index in [1.54, 1.807) is 19.2 Å².